The van der Waals surface area contributed by atoms with Gasteiger partial charge in [0.25, 0.3) is 0 Å². The number of hydrogen-bond acceptors (Lipinski definition) is 4. The summed E-state index contributed by atoms with van der Waals surface area (Å²) >= 11 is 1.78. The molecule has 2 atom stereocenters. The molecule has 1 aromatic heterocycles. The molecule has 0 radical (unpaired) electrons. The number of nitrogens with two attached hydrogens (primary N) is 1. The molecule has 1 fully saturated rings. The van der Waals surface area contributed by atoms with E-state index in [1.54, 1.807) is 11.3 Å². The Hall–Kier alpha value is -0.420. The maximum Gasteiger partial charge on any atom is 0.0562 e. The minimum absolute atomic E-state index is 0.146. The van der Waals surface area contributed by atoms with Crippen LogP contribution in [0.5, 0.6) is 0 Å². The molecule has 3 nitrogen and oxygen atoms in total. The second-order valence-corrected chi connectivity index (χ2v) is 5.75. The van der Waals surface area contributed by atoms with Crippen LogP contribution in [0, 0.1) is 6.92 Å². The van der Waals surface area contributed by atoms with E-state index in [2.05, 4.69) is 42.3 Å². The number of nitrogens with zero attached hydrogens (tertiary/aromatic N) is 2. The van der Waals surface area contributed by atoms with Crippen molar-refractivity contribution in [3.8, 4) is 0 Å². The van der Waals surface area contributed by atoms with Crippen LogP contribution in [0.25, 0.3) is 0 Å². The largest absolute Gasteiger partial charge is 0.322 e. The van der Waals surface area contributed by atoms with Crippen molar-refractivity contribution in [2.45, 2.75) is 19.0 Å². The molecule has 1 saturated heterocycles. The van der Waals surface area contributed by atoms with Gasteiger partial charge in [-0.15, -0.1) is 11.3 Å². The number of piperazine rings is 1. The Morgan fingerprint density at radius 3 is 2.81 bits per heavy atom. The van der Waals surface area contributed by atoms with Crippen molar-refractivity contribution < 1.29 is 0 Å². The summed E-state index contributed by atoms with van der Waals surface area (Å²) in [5.74, 6) is 0. The molecular formula is C12H21N3S. The lowest BCUT2D eigenvalue weighted by molar-refractivity contribution is 0.0980. The molecule has 1 aliphatic rings. The molecule has 0 saturated carbocycles. The summed E-state index contributed by atoms with van der Waals surface area (Å²) in [6, 6.07) is 2.75. The minimum atomic E-state index is 0.146. The van der Waals surface area contributed by atoms with Gasteiger partial charge in [-0.3, -0.25) is 4.90 Å². The van der Waals surface area contributed by atoms with Crippen LogP contribution in [0.15, 0.2) is 11.4 Å². The highest BCUT2D eigenvalue weighted by atomic mass is 32.1. The molecule has 4 heteroatoms. The summed E-state index contributed by atoms with van der Waals surface area (Å²) in [6.45, 7) is 5.47. The Balaban J connectivity index is 2.14. The van der Waals surface area contributed by atoms with E-state index in [0.717, 1.165) is 19.6 Å². The summed E-state index contributed by atoms with van der Waals surface area (Å²) < 4.78 is 0. The molecule has 1 aliphatic heterocycles. The van der Waals surface area contributed by atoms with Crippen molar-refractivity contribution in [2.75, 3.05) is 33.7 Å². The lowest BCUT2D eigenvalue weighted by atomic mass is 10.0. The van der Waals surface area contributed by atoms with Gasteiger partial charge in [-0.05, 0) is 38.0 Å². The molecule has 0 aliphatic carbocycles. The van der Waals surface area contributed by atoms with Gasteiger partial charge in [0, 0.05) is 30.6 Å². The third kappa shape index (κ3) is 2.30. The molecule has 0 bridgehead atoms. The fourth-order valence-electron chi connectivity index (χ4n) is 2.33. The topological polar surface area (TPSA) is 32.5 Å². The molecule has 0 spiro atoms. The van der Waals surface area contributed by atoms with E-state index in [4.69, 9.17) is 5.73 Å². The molecule has 0 amide bonds. The molecule has 0 aromatic carbocycles. The Morgan fingerprint density at radius 1 is 1.44 bits per heavy atom. The monoisotopic (exact) mass is 239 g/mol. The average molecular weight is 239 g/mol. The predicted molar refractivity (Wildman–Crippen MR) is 69.9 cm³/mol. The van der Waals surface area contributed by atoms with Crippen LogP contribution in [0.4, 0.5) is 0 Å². The lowest BCUT2D eigenvalue weighted by Gasteiger charge is -2.40. The zero-order valence-electron chi connectivity index (χ0n) is 10.3. The van der Waals surface area contributed by atoms with Gasteiger partial charge < -0.3 is 10.6 Å². The molecule has 2 rings (SSSR count). The van der Waals surface area contributed by atoms with E-state index in [0.29, 0.717) is 6.04 Å². The highest BCUT2D eigenvalue weighted by Crippen LogP contribution is 2.27. The van der Waals surface area contributed by atoms with Crippen LogP contribution in [0.2, 0.25) is 0 Å². The molecule has 2 heterocycles. The third-order valence-corrected chi connectivity index (χ3v) is 4.64. The molecular weight excluding hydrogens is 218 g/mol. The van der Waals surface area contributed by atoms with Gasteiger partial charge in [0.05, 0.1) is 6.04 Å². The molecule has 16 heavy (non-hydrogen) atoms. The second-order valence-electron chi connectivity index (χ2n) is 4.80. The van der Waals surface area contributed by atoms with E-state index in [1.165, 1.54) is 10.4 Å². The second kappa shape index (κ2) is 4.84. The van der Waals surface area contributed by atoms with Gasteiger partial charge in [0.1, 0.15) is 0 Å². The van der Waals surface area contributed by atoms with Crippen molar-refractivity contribution in [2.24, 2.45) is 5.73 Å². The van der Waals surface area contributed by atoms with Crippen molar-refractivity contribution >= 4 is 11.3 Å². The predicted octanol–water partition coefficient (Wildman–Crippen LogP) is 1.30. The number of rotatable bonds is 2. The fraction of sp³-hybridized carbons (Fsp3) is 0.667. The lowest BCUT2D eigenvalue weighted by Crippen LogP contribution is -2.54. The third-order valence-electron chi connectivity index (χ3n) is 3.52. The van der Waals surface area contributed by atoms with Crippen molar-refractivity contribution in [3.63, 3.8) is 0 Å². The van der Waals surface area contributed by atoms with Gasteiger partial charge in [0.2, 0.25) is 0 Å². The maximum absolute atomic E-state index is 6.41. The van der Waals surface area contributed by atoms with Crippen LogP contribution in [-0.4, -0.2) is 49.6 Å². The SMILES string of the molecule is Cc1ccsc1C(N)C1CN(C)CCN1C. The minimum Gasteiger partial charge on any atom is -0.322 e. The van der Waals surface area contributed by atoms with Crippen LogP contribution in [-0.2, 0) is 0 Å². The summed E-state index contributed by atoms with van der Waals surface area (Å²) in [6.07, 6.45) is 0. The highest BCUT2D eigenvalue weighted by Gasteiger charge is 2.29. The number of hydrogen-bond donors (Lipinski definition) is 1. The zero-order valence-corrected chi connectivity index (χ0v) is 11.1. The Kier molecular flexibility index (Phi) is 3.64. The van der Waals surface area contributed by atoms with E-state index in [9.17, 15) is 0 Å². The average Bonchev–Trinajstić information content (AvgIpc) is 2.67. The summed E-state index contributed by atoms with van der Waals surface area (Å²) in [4.78, 5) is 6.10. The van der Waals surface area contributed by atoms with Crippen LogP contribution in [0.1, 0.15) is 16.5 Å². The van der Waals surface area contributed by atoms with E-state index >= 15 is 0 Å². The van der Waals surface area contributed by atoms with Gasteiger partial charge in [-0.25, -0.2) is 0 Å². The van der Waals surface area contributed by atoms with Gasteiger partial charge in [-0.2, -0.15) is 0 Å². The fourth-order valence-corrected chi connectivity index (χ4v) is 3.32. The van der Waals surface area contributed by atoms with Crippen molar-refractivity contribution in [1.82, 2.24) is 9.80 Å². The van der Waals surface area contributed by atoms with Gasteiger partial charge >= 0.3 is 0 Å². The number of aryl methyl sites for hydroxylation is 1. The standard InChI is InChI=1S/C12H21N3S/c1-9-4-7-16-12(9)11(13)10-8-14(2)5-6-15(10)3/h4,7,10-11H,5-6,8,13H2,1-3H3. The Labute approximate surface area is 102 Å². The first kappa shape index (κ1) is 12.0. The molecule has 2 N–H and O–H groups in total. The smallest absolute Gasteiger partial charge is 0.0562 e. The van der Waals surface area contributed by atoms with Crippen LogP contribution < -0.4 is 5.73 Å². The summed E-state index contributed by atoms with van der Waals surface area (Å²) in [5, 5.41) is 2.14. The Morgan fingerprint density at radius 2 is 2.19 bits per heavy atom. The van der Waals surface area contributed by atoms with Crippen molar-refractivity contribution in [1.29, 1.82) is 0 Å². The zero-order chi connectivity index (χ0) is 11.7. The Bertz CT molecular complexity index is 350. The molecule has 1 aromatic rings. The number of likely N-dealkylation sites (N-methyl/N-ethyl adjacent to an activating group) is 2. The molecule has 2 unspecified atom stereocenters. The first-order chi connectivity index (χ1) is 7.59. The van der Waals surface area contributed by atoms with Crippen molar-refractivity contribution in [3.05, 3.63) is 21.9 Å². The number of thiophene rings is 1. The maximum atomic E-state index is 6.41. The van der Waals surface area contributed by atoms with Crippen LogP contribution in [0.3, 0.4) is 0 Å². The first-order valence-electron chi connectivity index (χ1n) is 5.78. The van der Waals surface area contributed by atoms with Gasteiger partial charge in [0.15, 0.2) is 0 Å². The highest BCUT2D eigenvalue weighted by molar-refractivity contribution is 7.10. The normalized spacial score (nSPS) is 25.9. The van der Waals surface area contributed by atoms with Crippen LogP contribution >= 0.6 is 11.3 Å². The van der Waals surface area contributed by atoms with E-state index in [-0.39, 0.29) is 6.04 Å². The van der Waals surface area contributed by atoms with Gasteiger partial charge in [-0.1, -0.05) is 0 Å². The quantitative estimate of drug-likeness (QED) is 0.844. The first-order valence-corrected chi connectivity index (χ1v) is 6.66. The molecule has 90 valence electrons. The summed E-state index contributed by atoms with van der Waals surface area (Å²) in [7, 11) is 4.36. The van der Waals surface area contributed by atoms with E-state index < -0.39 is 0 Å². The summed E-state index contributed by atoms with van der Waals surface area (Å²) in [5.41, 5.74) is 7.74. The van der Waals surface area contributed by atoms with E-state index in [1.807, 2.05) is 0 Å².